The summed E-state index contributed by atoms with van der Waals surface area (Å²) in [5.41, 5.74) is 1.50. The van der Waals surface area contributed by atoms with Crippen molar-refractivity contribution in [3.63, 3.8) is 0 Å². The molecule has 3 heterocycles. The van der Waals surface area contributed by atoms with Gasteiger partial charge in [-0.05, 0) is 78.4 Å². The fourth-order valence-electron chi connectivity index (χ4n) is 8.17. The number of benzene rings is 5. The summed E-state index contributed by atoms with van der Waals surface area (Å²) in [6, 6.07) is 35.7. The van der Waals surface area contributed by atoms with E-state index < -0.39 is 59.4 Å². The molecule has 3 aliphatic heterocycles. The van der Waals surface area contributed by atoms with E-state index in [0.29, 0.717) is 29.2 Å². The molecule has 5 amide bonds. The van der Waals surface area contributed by atoms with Crippen LogP contribution in [0.2, 0.25) is 0 Å². The Morgan fingerprint density at radius 3 is 2.29 bits per heavy atom. The van der Waals surface area contributed by atoms with E-state index in [1.807, 2.05) is 42.5 Å². The number of carbonyl (C=O) groups excluding carboxylic acids is 5. The first-order valence-corrected chi connectivity index (χ1v) is 19.9. The molecule has 0 spiro atoms. The van der Waals surface area contributed by atoms with Gasteiger partial charge in [0.25, 0.3) is 5.91 Å². The summed E-state index contributed by atoms with van der Waals surface area (Å²) >= 11 is 0. The molecular formula is C47H44FN5O6. The Labute approximate surface area is 341 Å². The smallest absolute Gasteiger partial charge is 0.251 e. The minimum atomic E-state index is -1.49. The molecule has 9 rings (SSSR count). The number of halogens is 1. The quantitative estimate of drug-likeness (QED) is 0.155. The third-order valence-corrected chi connectivity index (χ3v) is 11.4. The van der Waals surface area contributed by atoms with Gasteiger partial charge in [0.2, 0.25) is 23.6 Å². The average molecular weight is 794 g/mol. The highest BCUT2D eigenvalue weighted by Crippen LogP contribution is 2.52. The van der Waals surface area contributed by atoms with Crippen molar-refractivity contribution in [3.8, 4) is 11.5 Å². The fraction of sp³-hybridized carbons (Fsp3) is 0.255. The first-order valence-electron chi connectivity index (χ1n) is 19.9. The molecule has 1 saturated heterocycles. The number of rotatable bonds is 8. The fourth-order valence-corrected chi connectivity index (χ4v) is 8.17. The largest absolute Gasteiger partial charge is 0.457 e. The van der Waals surface area contributed by atoms with E-state index >= 15 is 0 Å². The highest BCUT2D eigenvalue weighted by molar-refractivity contribution is 6.01. The minimum Gasteiger partial charge on any atom is -0.457 e. The monoisotopic (exact) mass is 793 g/mol. The summed E-state index contributed by atoms with van der Waals surface area (Å²) in [6.45, 7) is 0.341. The Morgan fingerprint density at radius 2 is 1.53 bits per heavy atom. The van der Waals surface area contributed by atoms with Crippen molar-refractivity contribution in [1.82, 2.24) is 26.2 Å². The predicted octanol–water partition coefficient (Wildman–Crippen LogP) is 5.87. The Kier molecular flexibility index (Phi) is 11.2. The maximum Gasteiger partial charge on any atom is 0.251 e. The summed E-state index contributed by atoms with van der Waals surface area (Å²) in [6.07, 6.45) is 1.32. The van der Waals surface area contributed by atoms with Crippen molar-refractivity contribution in [2.45, 2.75) is 68.2 Å². The molecule has 5 aromatic rings. The van der Waals surface area contributed by atoms with Crippen molar-refractivity contribution >= 4 is 29.5 Å². The molecule has 1 saturated carbocycles. The van der Waals surface area contributed by atoms with Gasteiger partial charge in [-0.15, -0.1) is 0 Å². The third-order valence-electron chi connectivity index (χ3n) is 11.4. The molecule has 4 aliphatic rings. The molecule has 4 N–H and O–H groups in total. The zero-order valence-electron chi connectivity index (χ0n) is 32.2. The highest BCUT2D eigenvalue weighted by atomic mass is 19.1. The molecular weight excluding hydrogens is 750 g/mol. The molecule has 300 valence electrons. The molecule has 0 aromatic heterocycles. The summed E-state index contributed by atoms with van der Waals surface area (Å²) in [5, 5.41) is 11.4. The molecule has 0 radical (unpaired) electrons. The molecule has 2 unspecified atom stereocenters. The second-order valence-electron chi connectivity index (χ2n) is 15.3. The van der Waals surface area contributed by atoms with E-state index in [9.17, 15) is 28.4 Å². The lowest BCUT2D eigenvalue weighted by atomic mass is 10.0. The van der Waals surface area contributed by atoms with Crippen LogP contribution in [-0.2, 0) is 32.1 Å². The molecule has 11 nitrogen and oxygen atoms in total. The SMILES string of the molecule is O=C(N[C@H]1Cc2cccc(c2)Oc2ccc(cc2)C2CC2(C(=O)NCc2ccccc2F)NC(=O)[C@H](CC(=O)N2CCC[C@@H]2c2ccccc2)NC1=O)c1ccccc1. The van der Waals surface area contributed by atoms with Crippen LogP contribution < -0.4 is 26.0 Å². The lowest BCUT2D eigenvalue weighted by Crippen LogP contribution is -2.59. The van der Waals surface area contributed by atoms with Gasteiger partial charge in [0, 0.05) is 36.6 Å². The van der Waals surface area contributed by atoms with Crippen LogP contribution in [0, 0.1) is 5.82 Å². The molecule has 4 bridgehead atoms. The number of hydrogen-bond acceptors (Lipinski definition) is 6. The van der Waals surface area contributed by atoms with Gasteiger partial charge in [-0.1, -0.05) is 91.0 Å². The highest BCUT2D eigenvalue weighted by Gasteiger charge is 2.62. The Bertz CT molecular complexity index is 2360. The van der Waals surface area contributed by atoms with Gasteiger partial charge in [0.15, 0.2) is 0 Å². The van der Waals surface area contributed by atoms with Crippen molar-refractivity contribution in [2.75, 3.05) is 6.54 Å². The van der Waals surface area contributed by atoms with Crippen molar-refractivity contribution in [1.29, 1.82) is 0 Å². The van der Waals surface area contributed by atoms with Gasteiger partial charge >= 0.3 is 0 Å². The van der Waals surface area contributed by atoms with Crippen molar-refractivity contribution in [2.24, 2.45) is 0 Å². The molecule has 5 atom stereocenters. The average Bonchev–Trinajstić information content (AvgIpc) is 3.76. The normalized spacial score (nSPS) is 22.5. The number of amides is 5. The Hall–Kier alpha value is -6.82. The van der Waals surface area contributed by atoms with E-state index in [0.717, 1.165) is 24.0 Å². The Balaban J connectivity index is 1.15. The first kappa shape index (κ1) is 39.0. The number of fused-ring (bicyclic) bond motifs is 8. The molecule has 2 fully saturated rings. The van der Waals surface area contributed by atoms with Crippen LogP contribution in [0.3, 0.4) is 0 Å². The summed E-state index contributed by atoms with van der Waals surface area (Å²) < 4.78 is 20.8. The van der Waals surface area contributed by atoms with Gasteiger partial charge in [-0.3, -0.25) is 24.0 Å². The maximum atomic E-state index is 14.7. The topological polar surface area (TPSA) is 146 Å². The van der Waals surface area contributed by atoms with Crippen LogP contribution in [0.5, 0.6) is 11.5 Å². The van der Waals surface area contributed by atoms with Gasteiger partial charge < -0.3 is 30.9 Å². The second-order valence-corrected chi connectivity index (χ2v) is 15.3. The van der Waals surface area contributed by atoms with Crippen LogP contribution in [0.15, 0.2) is 133 Å². The number of nitrogens with zero attached hydrogens (tertiary/aromatic N) is 1. The van der Waals surface area contributed by atoms with E-state index in [-0.39, 0.29) is 36.9 Å². The number of ether oxygens (including phenoxy) is 1. The third kappa shape index (κ3) is 8.72. The Morgan fingerprint density at radius 1 is 0.797 bits per heavy atom. The van der Waals surface area contributed by atoms with E-state index in [1.165, 1.54) is 6.07 Å². The second kappa shape index (κ2) is 17.0. The number of nitrogens with one attached hydrogen (secondary N) is 4. The van der Waals surface area contributed by atoms with Gasteiger partial charge in [-0.2, -0.15) is 0 Å². The van der Waals surface area contributed by atoms with Crippen LogP contribution >= 0.6 is 0 Å². The van der Waals surface area contributed by atoms with E-state index in [4.69, 9.17) is 4.74 Å². The van der Waals surface area contributed by atoms with Gasteiger partial charge in [0.1, 0.15) is 34.9 Å². The lowest BCUT2D eigenvalue weighted by molar-refractivity contribution is -0.138. The zero-order chi connectivity index (χ0) is 40.9. The van der Waals surface area contributed by atoms with Crippen LogP contribution in [-0.4, -0.2) is 58.6 Å². The van der Waals surface area contributed by atoms with Gasteiger partial charge in [0.05, 0.1) is 12.5 Å². The molecule has 12 heteroatoms. The van der Waals surface area contributed by atoms with Crippen LogP contribution in [0.1, 0.15) is 70.3 Å². The standard InChI is InChI=1S/C47H44FN5O6/c48-38-18-8-7-16-34(38)29-49-46(58)47-28-37(47)31-20-22-35(23-21-31)59-36-17-9-11-30(25-36)26-39(50-43(55)33-14-5-2-6-15-33)44(56)51-40(45(57)52-47)27-42(54)53-24-10-19-41(53)32-12-3-1-4-13-32/h1-9,11-18,20-23,25,37,39-41H,10,19,24,26-29H2,(H,49,58)(H,50,55)(H,51,56)(H,52,57)/t37?,39-,40-,41+,47?/m0/s1. The first-order chi connectivity index (χ1) is 28.7. The van der Waals surface area contributed by atoms with Crippen LogP contribution in [0.4, 0.5) is 4.39 Å². The van der Waals surface area contributed by atoms with Gasteiger partial charge in [-0.25, -0.2) is 4.39 Å². The summed E-state index contributed by atoms with van der Waals surface area (Å²) in [4.78, 5) is 72.9. The number of carbonyl (C=O) groups is 5. The molecule has 5 aromatic carbocycles. The van der Waals surface area contributed by atoms with E-state index in [1.54, 1.807) is 89.8 Å². The summed E-state index contributed by atoms with van der Waals surface area (Å²) in [7, 11) is 0. The lowest BCUT2D eigenvalue weighted by Gasteiger charge is -2.29. The molecule has 1 aliphatic carbocycles. The van der Waals surface area contributed by atoms with Crippen LogP contribution in [0.25, 0.3) is 0 Å². The number of likely N-dealkylation sites (tertiary alicyclic amines) is 1. The van der Waals surface area contributed by atoms with Crippen molar-refractivity contribution in [3.05, 3.63) is 167 Å². The maximum absolute atomic E-state index is 14.7. The molecule has 59 heavy (non-hydrogen) atoms. The van der Waals surface area contributed by atoms with Crippen molar-refractivity contribution < 1.29 is 33.1 Å². The predicted molar refractivity (Wildman–Crippen MR) is 218 cm³/mol. The minimum absolute atomic E-state index is 0.0233. The van der Waals surface area contributed by atoms with E-state index in [2.05, 4.69) is 21.3 Å². The number of hydrogen-bond donors (Lipinski definition) is 4. The summed E-state index contributed by atoms with van der Waals surface area (Å²) in [5.74, 6) is -2.79. The zero-order valence-corrected chi connectivity index (χ0v) is 32.2.